The standard InChI is InChI=1S/C12H15N7O4/c1-18-10-5-6(9(13)17-18)16-19(11(5)15-3-14-10)12-8(22)7(21)4(2-20)23-12/h3-4,7-8,12,20-22H,2H2,1H3,(H2,13,17)/t4-,7-,8+,12?/m1/s1. The number of anilines is 1. The van der Waals surface area contributed by atoms with Gasteiger partial charge in [-0.3, -0.25) is 0 Å². The van der Waals surface area contributed by atoms with E-state index < -0.39 is 31.1 Å². The van der Waals surface area contributed by atoms with Crippen LogP contribution >= 0.6 is 0 Å². The second-order valence-corrected chi connectivity index (χ2v) is 5.43. The number of aliphatic hydroxyl groups excluding tert-OH is 3. The van der Waals surface area contributed by atoms with E-state index in [1.54, 1.807) is 7.05 Å². The van der Waals surface area contributed by atoms with Gasteiger partial charge in [-0.1, -0.05) is 0 Å². The van der Waals surface area contributed by atoms with Crippen molar-refractivity contribution in [3.8, 4) is 0 Å². The zero-order chi connectivity index (χ0) is 16.3. The number of ether oxygens (including phenoxy) is 1. The van der Waals surface area contributed by atoms with E-state index in [0.717, 1.165) is 0 Å². The van der Waals surface area contributed by atoms with Crippen LogP contribution < -0.4 is 10.7 Å². The van der Waals surface area contributed by atoms with Crippen LogP contribution in [0, 0.1) is 0 Å². The van der Waals surface area contributed by atoms with Crippen molar-refractivity contribution in [2.45, 2.75) is 24.5 Å². The molecular formula is C12H15N7O4. The predicted molar refractivity (Wildman–Crippen MR) is 77.5 cm³/mol. The molecule has 5 N–H and O–H groups in total. The Morgan fingerprint density at radius 2 is 2.09 bits per heavy atom. The van der Waals surface area contributed by atoms with Crippen LogP contribution in [0.5, 0.6) is 0 Å². The molecule has 4 atom stereocenters. The summed E-state index contributed by atoms with van der Waals surface area (Å²) >= 11 is 0. The van der Waals surface area contributed by atoms with Crippen LogP contribution in [0.3, 0.4) is 0 Å². The maximum absolute atomic E-state index is 10.2. The highest BCUT2D eigenvalue weighted by atomic mass is 16.6. The van der Waals surface area contributed by atoms with E-state index >= 15 is 0 Å². The van der Waals surface area contributed by atoms with Crippen LogP contribution in [0.2, 0.25) is 0 Å². The van der Waals surface area contributed by atoms with Crippen molar-refractivity contribution in [3.05, 3.63) is 12.0 Å². The fourth-order valence-corrected chi connectivity index (χ4v) is 2.90. The van der Waals surface area contributed by atoms with Gasteiger partial charge in [-0.2, -0.15) is 10.2 Å². The van der Waals surface area contributed by atoms with Gasteiger partial charge in [-0.25, -0.2) is 19.7 Å². The van der Waals surface area contributed by atoms with Gasteiger partial charge in [0.15, 0.2) is 23.5 Å². The van der Waals surface area contributed by atoms with E-state index in [-0.39, 0.29) is 5.84 Å². The Balaban J connectivity index is 1.89. The van der Waals surface area contributed by atoms with Crippen molar-refractivity contribution in [1.82, 2.24) is 19.7 Å². The molecule has 122 valence electrons. The first-order valence-corrected chi connectivity index (χ1v) is 6.96. The van der Waals surface area contributed by atoms with Crippen LogP contribution in [-0.2, 0) is 4.74 Å². The van der Waals surface area contributed by atoms with Crippen molar-refractivity contribution in [1.29, 1.82) is 0 Å². The molecule has 1 unspecified atom stereocenters. The molecule has 2 aliphatic rings. The van der Waals surface area contributed by atoms with Crippen molar-refractivity contribution in [3.63, 3.8) is 0 Å². The highest BCUT2D eigenvalue weighted by molar-refractivity contribution is 6.12. The molecule has 1 saturated heterocycles. The molecule has 0 amide bonds. The minimum atomic E-state index is -1.27. The Kier molecular flexibility index (Phi) is 2.99. The monoisotopic (exact) mass is 321 g/mol. The van der Waals surface area contributed by atoms with E-state index in [1.165, 1.54) is 16.0 Å². The van der Waals surface area contributed by atoms with Crippen LogP contribution in [0.15, 0.2) is 11.4 Å². The molecule has 4 heterocycles. The lowest BCUT2D eigenvalue weighted by Crippen LogP contribution is -2.33. The minimum Gasteiger partial charge on any atom is -0.394 e. The molecule has 11 heteroatoms. The number of hydrogen-bond acceptors (Lipinski definition) is 10. The van der Waals surface area contributed by atoms with Gasteiger partial charge in [0.05, 0.1) is 12.0 Å². The molecule has 0 bridgehead atoms. The summed E-state index contributed by atoms with van der Waals surface area (Å²) < 4.78 is 6.84. The molecule has 0 aliphatic carbocycles. The van der Waals surface area contributed by atoms with Crippen LogP contribution in [0.25, 0.3) is 11.0 Å². The summed E-state index contributed by atoms with van der Waals surface area (Å²) in [6.45, 7) is -0.423. The smallest absolute Gasteiger partial charge is 0.181 e. The Hall–Kier alpha value is -2.34. The quantitative estimate of drug-likeness (QED) is 0.470. The van der Waals surface area contributed by atoms with Crippen molar-refractivity contribution in [2.75, 3.05) is 18.7 Å². The summed E-state index contributed by atoms with van der Waals surface area (Å²) in [6, 6.07) is 0. The Morgan fingerprint density at radius 1 is 1.30 bits per heavy atom. The summed E-state index contributed by atoms with van der Waals surface area (Å²) in [4.78, 5) is 8.35. The second-order valence-electron chi connectivity index (χ2n) is 5.43. The molecule has 0 spiro atoms. The number of nitrogens with zero attached hydrogens (tertiary/aromatic N) is 6. The molecule has 23 heavy (non-hydrogen) atoms. The maximum Gasteiger partial charge on any atom is 0.181 e. The molecule has 1 fully saturated rings. The van der Waals surface area contributed by atoms with Gasteiger partial charge in [0.1, 0.15) is 30.3 Å². The summed E-state index contributed by atoms with van der Waals surface area (Å²) in [7, 11) is 1.70. The van der Waals surface area contributed by atoms with Crippen molar-refractivity contribution in [2.24, 2.45) is 10.8 Å². The van der Waals surface area contributed by atoms with E-state index in [9.17, 15) is 15.3 Å². The van der Waals surface area contributed by atoms with Crippen LogP contribution in [0.1, 0.15) is 11.9 Å². The molecule has 2 aliphatic heterocycles. The molecule has 2 aromatic rings. The summed E-state index contributed by atoms with van der Waals surface area (Å²) in [6.07, 6.45) is -3.06. The third kappa shape index (κ3) is 1.84. The van der Waals surface area contributed by atoms with E-state index in [2.05, 4.69) is 20.2 Å². The average Bonchev–Trinajstić information content (AvgIpc) is 3.05. The van der Waals surface area contributed by atoms with Crippen LogP contribution in [0.4, 0.5) is 5.82 Å². The van der Waals surface area contributed by atoms with Gasteiger partial charge in [0, 0.05) is 7.05 Å². The minimum absolute atomic E-state index is 0.185. The normalized spacial score (nSPS) is 30.1. The fraction of sp³-hybridized carbons (Fsp3) is 0.500. The first kappa shape index (κ1) is 14.3. The molecular weight excluding hydrogens is 306 g/mol. The van der Waals surface area contributed by atoms with Gasteiger partial charge in [-0.15, -0.1) is 0 Å². The van der Waals surface area contributed by atoms with E-state index in [4.69, 9.17) is 10.5 Å². The second kappa shape index (κ2) is 4.83. The topological polar surface area (TPSA) is 155 Å². The molecule has 4 rings (SSSR count). The maximum atomic E-state index is 10.2. The average molecular weight is 321 g/mol. The molecule has 11 nitrogen and oxygen atoms in total. The zero-order valence-electron chi connectivity index (χ0n) is 12.1. The largest absolute Gasteiger partial charge is 0.394 e. The number of hydrazone groups is 1. The lowest BCUT2D eigenvalue weighted by atomic mass is 10.1. The van der Waals surface area contributed by atoms with E-state index in [1.807, 2.05) is 0 Å². The van der Waals surface area contributed by atoms with Gasteiger partial charge in [0.25, 0.3) is 0 Å². The van der Waals surface area contributed by atoms with Gasteiger partial charge in [-0.05, 0) is 0 Å². The Bertz CT molecular complexity index is 806. The fourth-order valence-electron chi connectivity index (χ4n) is 2.90. The third-order valence-corrected chi connectivity index (χ3v) is 4.03. The van der Waals surface area contributed by atoms with Gasteiger partial charge < -0.3 is 25.8 Å². The number of aromatic nitrogens is 4. The van der Waals surface area contributed by atoms with Crippen molar-refractivity contribution < 1.29 is 20.1 Å². The lowest BCUT2D eigenvalue weighted by Gasteiger charge is -2.17. The van der Waals surface area contributed by atoms with E-state index in [0.29, 0.717) is 22.5 Å². The highest BCUT2D eigenvalue weighted by Crippen LogP contribution is 2.35. The molecule has 2 aromatic heterocycles. The third-order valence-electron chi connectivity index (χ3n) is 4.03. The number of amidine groups is 1. The number of rotatable bonds is 2. The van der Waals surface area contributed by atoms with Gasteiger partial charge in [0.2, 0.25) is 0 Å². The zero-order valence-corrected chi connectivity index (χ0v) is 12.1. The first-order chi connectivity index (χ1) is 11.0. The van der Waals surface area contributed by atoms with Crippen molar-refractivity contribution >= 4 is 22.7 Å². The Morgan fingerprint density at radius 3 is 2.78 bits per heavy atom. The predicted octanol–water partition coefficient (Wildman–Crippen LogP) is -2.49. The number of nitrogens with two attached hydrogens (primary N) is 1. The van der Waals surface area contributed by atoms with Gasteiger partial charge >= 0.3 is 0 Å². The molecule has 0 aromatic carbocycles. The van der Waals surface area contributed by atoms with Crippen LogP contribution in [-0.4, -0.2) is 72.9 Å². The number of hydrogen-bond donors (Lipinski definition) is 4. The molecule has 0 saturated carbocycles. The number of aliphatic hydroxyl groups is 3. The lowest BCUT2D eigenvalue weighted by molar-refractivity contribution is -0.0566. The summed E-state index contributed by atoms with van der Waals surface area (Å²) in [5.41, 5.74) is 6.68. The first-order valence-electron chi connectivity index (χ1n) is 6.96. The SMILES string of the molecule is CN1N=C(N)c2nn(C3O[C@H](CO)[C@@H](O)[C@@H]3O)c3ncnc1c23. The molecule has 0 radical (unpaired) electrons. The summed E-state index contributed by atoms with van der Waals surface area (Å²) in [5, 5.41) is 39.9. The summed E-state index contributed by atoms with van der Waals surface area (Å²) in [5.74, 6) is 0.711. The highest BCUT2D eigenvalue weighted by Gasteiger charge is 2.45. The Labute approximate surface area is 129 Å².